The molecule has 2 aromatic heterocycles. The molecular formula is C13H15N3OS. The molecule has 0 aliphatic heterocycles. The first-order valence-electron chi connectivity index (χ1n) is 5.64. The Labute approximate surface area is 110 Å². The molecule has 0 aliphatic rings. The van der Waals surface area contributed by atoms with Gasteiger partial charge >= 0.3 is 0 Å². The second kappa shape index (κ2) is 4.86. The van der Waals surface area contributed by atoms with Crippen LogP contribution < -0.4 is 5.32 Å². The van der Waals surface area contributed by atoms with Gasteiger partial charge in [-0.15, -0.1) is 11.3 Å². The molecule has 0 saturated carbocycles. The maximum absolute atomic E-state index is 12.1. The summed E-state index contributed by atoms with van der Waals surface area (Å²) in [5.41, 5.74) is 1.10. The molecule has 0 bridgehead atoms. The highest BCUT2D eigenvalue weighted by atomic mass is 32.1. The van der Waals surface area contributed by atoms with Gasteiger partial charge in [0, 0.05) is 29.0 Å². The summed E-state index contributed by atoms with van der Waals surface area (Å²) in [5, 5.41) is 5.87. The first-order chi connectivity index (χ1) is 8.49. The molecule has 5 heteroatoms. The van der Waals surface area contributed by atoms with E-state index in [9.17, 15) is 4.79 Å². The van der Waals surface area contributed by atoms with Gasteiger partial charge in [-0.2, -0.15) is 0 Å². The fourth-order valence-electron chi connectivity index (χ4n) is 1.55. The fraction of sp³-hybridized carbons (Fsp3) is 0.308. The van der Waals surface area contributed by atoms with Crippen LogP contribution in [0.4, 0.5) is 0 Å². The summed E-state index contributed by atoms with van der Waals surface area (Å²) in [5.74, 6) is -0.116. The van der Waals surface area contributed by atoms with E-state index in [4.69, 9.17) is 0 Å². The molecule has 1 N–H and O–H groups in total. The molecule has 0 aromatic carbocycles. The number of nitrogens with one attached hydrogen (secondary N) is 1. The Kier molecular flexibility index (Phi) is 3.43. The van der Waals surface area contributed by atoms with Crippen LogP contribution in [-0.2, 0) is 5.54 Å². The summed E-state index contributed by atoms with van der Waals surface area (Å²) in [4.78, 5) is 20.4. The van der Waals surface area contributed by atoms with E-state index in [-0.39, 0.29) is 5.91 Å². The second-order valence-electron chi connectivity index (χ2n) is 4.61. The quantitative estimate of drug-likeness (QED) is 0.923. The van der Waals surface area contributed by atoms with Crippen LogP contribution in [0.15, 0.2) is 29.9 Å². The third-order valence-corrected chi connectivity index (χ3v) is 3.81. The van der Waals surface area contributed by atoms with Crippen molar-refractivity contribution in [3.8, 4) is 0 Å². The molecule has 0 fully saturated rings. The number of aromatic nitrogens is 2. The minimum Gasteiger partial charge on any atom is -0.341 e. The van der Waals surface area contributed by atoms with Gasteiger partial charge in [0.15, 0.2) is 0 Å². The SMILES string of the molecule is Cc1csc(C(C)(C)NC(=O)c2ccncc2)n1. The van der Waals surface area contributed by atoms with Gasteiger partial charge < -0.3 is 5.32 Å². The molecule has 0 saturated heterocycles. The Morgan fingerprint density at radius 3 is 2.56 bits per heavy atom. The average molecular weight is 261 g/mol. The highest BCUT2D eigenvalue weighted by Crippen LogP contribution is 2.24. The number of carbonyl (C=O) groups is 1. The first-order valence-corrected chi connectivity index (χ1v) is 6.52. The van der Waals surface area contributed by atoms with Crippen molar-refractivity contribution in [3.63, 3.8) is 0 Å². The van der Waals surface area contributed by atoms with E-state index >= 15 is 0 Å². The Morgan fingerprint density at radius 1 is 1.33 bits per heavy atom. The van der Waals surface area contributed by atoms with Gasteiger partial charge in [0.1, 0.15) is 5.01 Å². The van der Waals surface area contributed by atoms with Crippen LogP contribution in [0.1, 0.15) is 34.9 Å². The smallest absolute Gasteiger partial charge is 0.252 e. The van der Waals surface area contributed by atoms with Gasteiger partial charge in [-0.05, 0) is 32.9 Å². The fourth-order valence-corrected chi connectivity index (χ4v) is 2.43. The number of nitrogens with zero attached hydrogens (tertiary/aromatic N) is 2. The lowest BCUT2D eigenvalue weighted by molar-refractivity contribution is 0.0911. The molecule has 0 radical (unpaired) electrons. The van der Waals surface area contributed by atoms with Crippen molar-refractivity contribution in [2.24, 2.45) is 0 Å². The summed E-state index contributed by atoms with van der Waals surface area (Å²) >= 11 is 1.56. The molecule has 94 valence electrons. The lowest BCUT2D eigenvalue weighted by atomic mass is 10.1. The summed E-state index contributed by atoms with van der Waals surface area (Å²) in [7, 11) is 0. The van der Waals surface area contributed by atoms with E-state index in [1.165, 1.54) is 0 Å². The third-order valence-electron chi connectivity index (χ3n) is 2.52. The van der Waals surface area contributed by atoms with Gasteiger partial charge in [-0.3, -0.25) is 9.78 Å². The molecule has 2 aromatic rings. The summed E-state index contributed by atoms with van der Waals surface area (Å²) in [6.07, 6.45) is 3.21. The number of thiazole rings is 1. The van der Waals surface area contributed by atoms with Crippen LogP contribution in [0.25, 0.3) is 0 Å². The number of aryl methyl sites for hydroxylation is 1. The van der Waals surface area contributed by atoms with Crippen molar-refractivity contribution < 1.29 is 4.79 Å². The van der Waals surface area contributed by atoms with Crippen molar-refractivity contribution >= 4 is 17.2 Å². The monoisotopic (exact) mass is 261 g/mol. The molecule has 2 heterocycles. The zero-order valence-electron chi connectivity index (χ0n) is 10.6. The van der Waals surface area contributed by atoms with E-state index < -0.39 is 5.54 Å². The summed E-state index contributed by atoms with van der Waals surface area (Å²) in [6, 6.07) is 3.39. The standard InChI is InChI=1S/C13H15N3OS/c1-9-8-18-12(15-9)13(2,3)16-11(17)10-4-6-14-7-5-10/h4-8H,1-3H3,(H,16,17). The highest BCUT2D eigenvalue weighted by Gasteiger charge is 2.26. The topological polar surface area (TPSA) is 54.9 Å². The van der Waals surface area contributed by atoms with Gasteiger partial charge in [0.2, 0.25) is 0 Å². The number of pyridine rings is 1. The maximum Gasteiger partial charge on any atom is 0.252 e. The zero-order valence-corrected chi connectivity index (χ0v) is 11.4. The van der Waals surface area contributed by atoms with E-state index in [1.54, 1.807) is 35.9 Å². The number of rotatable bonds is 3. The molecule has 1 amide bonds. The second-order valence-corrected chi connectivity index (χ2v) is 5.47. The van der Waals surface area contributed by atoms with Crippen LogP contribution in [-0.4, -0.2) is 15.9 Å². The summed E-state index contributed by atoms with van der Waals surface area (Å²) < 4.78 is 0. The van der Waals surface area contributed by atoms with Gasteiger partial charge in [0.05, 0.1) is 5.54 Å². The Balaban J connectivity index is 2.16. The van der Waals surface area contributed by atoms with Crippen molar-refractivity contribution in [1.29, 1.82) is 0 Å². The van der Waals surface area contributed by atoms with E-state index in [0.29, 0.717) is 5.56 Å². The Bertz CT molecular complexity index is 548. The van der Waals surface area contributed by atoms with E-state index in [0.717, 1.165) is 10.7 Å². The van der Waals surface area contributed by atoms with Crippen molar-refractivity contribution in [2.45, 2.75) is 26.3 Å². The molecule has 0 atom stereocenters. The van der Waals surface area contributed by atoms with Crippen LogP contribution in [0.5, 0.6) is 0 Å². The molecule has 4 nitrogen and oxygen atoms in total. The minimum atomic E-state index is -0.473. The first kappa shape index (κ1) is 12.7. The Morgan fingerprint density at radius 2 is 2.00 bits per heavy atom. The molecule has 18 heavy (non-hydrogen) atoms. The number of hydrogen-bond acceptors (Lipinski definition) is 4. The predicted molar refractivity (Wildman–Crippen MR) is 71.6 cm³/mol. The van der Waals surface area contributed by atoms with Crippen LogP contribution >= 0.6 is 11.3 Å². The molecule has 2 rings (SSSR count). The van der Waals surface area contributed by atoms with Crippen LogP contribution in [0, 0.1) is 6.92 Å². The van der Waals surface area contributed by atoms with Gasteiger partial charge in [0.25, 0.3) is 5.91 Å². The normalized spacial score (nSPS) is 11.3. The maximum atomic E-state index is 12.1. The van der Waals surface area contributed by atoms with Crippen LogP contribution in [0.2, 0.25) is 0 Å². The largest absolute Gasteiger partial charge is 0.341 e. The number of hydrogen-bond donors (Lipinski definition) is 1. The van der Waals surface area contributed by atoms with E-state index in [2.05, 4.69) is 15.3 Å². The lowest BCUT2D eigenvalue weighted by Crippen LogP contribution is -2.40. The molecule has 0 aliphatic carbocycles. The van der Waals surface area contributed by atoms with Gasteiger partial charge in [-0.25, -0.2) is 4.98 Å². The average Bonchev–Trinajstić information content (AvgIpc) is 2.77. The predicted octanol–water partition coefficient (Wildman–Crippen LogP) is 2.51. The third kappa shape index (κ3) is 2.73. The van der Waals surface area contributed by atoms with Crippen molar-refractivity contribution in [1.82, 2.24) is 15.3 Å². The van der Waals surface area contributed by atoms with E-state index in [1.807, 2.05) is 26.2 Å². The lowest BCUT2D eigenvalue weighted by Gasteiger charge is -2.23. The Hall–Kier alpha value is -1.75. The van der Waals surface area contributed by atoms with Crippen LogP contribution in [0.3, 0.4) is 0 Å². The molecule has 0 unspecified atom stereocenters. The number of carbonyl (C=O) groups excluding carboxylic acids is 1. The number of amides is 1. The molecule has 0 spiro atoms. The zero-order chi connectivity index (χ0) is 13.2. The van der Waals surface area contributed by atoms with Crippen molar-refractivity contribution in [2.75, 3.05) is 0 Å². The van der Waals surface area contributed by atoms with Gasteiger partial charge in [-0.1, -0.05) is 0 Å². The molecular weight excluding hydrogens is 246 g/mol. The minimum absolute atomic E-state index is 0.116. The van der Waals surface area contributed by atoms with Crippen molar-refractivity contribution in [3.05, 3.63) is 46.2 Å². The highest BCUT2D eigenvalue weighted by molar-refractivity contribution is 7.09. The summed E-state index contributed by atoms with van der Waals surface area (Å²) in [6.45, 7) is 5.84.